The number of hydrogen-bond acceptors (Lipinski definition) is 5. The molecule has 1 heterocycles. The number of aryl methyl sites for hydroxylation is 1. The molecular formula is C22H38N4O3. The molecule has 1 saturated heterocycles. The summed E-state index contributed by atoms with van der Waals surface area (Å²) in [6.45, 7) is 10.4. The minimum atomic E-state index is 0.209. The average molecular weight is 407 g/mol. The third-order valence-corrected chi connectivity index (χ3v) is 4.89. The van der Waals surface area contributed by atoms with Crippen molar-refractivity contribution in [2.75, 3.05) is 60.2 Å². The fourth-order valence-corrected chi connectivity index (χ4v) is 3.12. The summed E-state index contributed by atoms with van der Waals surface area (Å²) in [6.07, 6.45) is 2.41. The molecule has 2 N–H and O–H groups in total. The van der Waals surface area contributed by atoms with Gasteiger partial charge < -0.3 is 29.7 Å². The molecule has 0 amide bonds. The van der Waals surface area contributed by atoms with E-state index in [-0.39, 0.29) is 6.10 Å². The summed E-state index contributed by atoms with van der Waals surface area (Å²) < 4.78 is 16.9. The number of nitrogens with zero attached hydrogens (tertiary/aromatic N) is 2. The SMILES string of the molecule is CCNC(=NCc1ccc(C)cc1OCC1CCCO1)NCCN(C)CCOC. The molecule has 0 bridgehead atoms. The van der Waals surface area contributed by atoms with Gasteiger partial charge in [0.15, 0.2) is 5.96 Å². The lowest BCUT2D eigenvalue weighted by Crippen LogP contribution is -2.41. The second-order valence-corrected chi connectivity index (χ2v) is 7.48. The fraction of sp³-hybridized carbons (Fsp3) is 0.682. The number of ether oxygens (including phenoxy) is 3. The number of rotatable bonds is 12. The Hall–Kier alpha value is -1.83. The van der Waals surface area contributed by atoms with Crippen LogP contribution in [0.25, 0.3) is 0 Å². The van der Waals surface area contributed by atoms with Crippen molar-refractivity contribution in [1.82, 2.24) is 15.5 Å². The molecule has 1 aromatic rings. The molecule has 1 atom stereocenters. The third kappa shape index (κ3) is 9.02. The monoisotopic (exact) mass is 406 g/mol. The lowest BCUT2D eigenvalue weighted by atomic mass is 10.1. The van der Waals surface area contributed by atoms with Crippen molar-refractivity contribution in [3.63, 3.8) is 0 Å². The van der Waals surface area contributed by atoms with E-state index in [0.717, 1.165) is 69.5 Å². The van der Waals surface area contributed by atoms with Crippen molar-refractivity contribution in [3.8, 4) is 5.75 Å². The smallest absolute Gasteiger partial charge is 0.191 e. The molecule has 0 saturated carbocycles. The summed E-state index contributed by atoms with van der Waals surface area (Å²) in [5, 5.41) is 6.71. The van der Waals surface area contributed by atoms with Crippen molar-refractivity contribution >= 4 is 5.96 Å². The van der Waals surface area contributed by atoms with Gasteiger partial charge in [0.2, 0.25) is 0 Å². The van der Waals surface area contributed by atoms with E-state index in [1.54, 1.807) is 7.11 Å². The molecule has 1 aromatic carbocycles. The van der Waals surface area contributed by atoms with E-state index >= 15 is 0 Å². The van der Waals surface area contributed by atoms with Gasteiger partial charge in [-0.25, -0.2) is 4.99 Å². The minimum Gasteiger partial charge on any atom is -0.491 e. The predicted molar refractivity (Wildman–Crippen MR) is 118 cm³/mol. The molecule has 1 fully saturated rings. The van der Waals surface area contributed by atoms with Crippen LogP contribution in [-0.2, 0) is 16.0 Å². The van der Waals surface area contributed by atoms with E-state index < -0.39 is 0 Å². The van der Waals surface area contributed by atoms with Crippen LogP contribution >= 0.6 is 0 Å². The highest BCUT2D eigenvalue weighted by molar-refractivity contribution is 5.79. The molecule has 0 spiro atoms. The summed E-state index contributed by atoms with van der Waals surface area (Å²) in [5.74, 6) is 1.72. The largest absolute Gasteiger partial charge is 0.491 e. The minimum absolute atomic E-state index is 0.209. The summed E-state index contributed by atoms with van der Waals surface area (Å²) in [4.78, 5) is 6.99. The maximum atomic E-state index is 6.09. The van der Waals surface area contributed by atoms with Gasteiger partial charge in [-0.05, 0) is 45.4 Å². The standard InChI is InChI=1S/C22H38N4O3/c1-5-23-22(24-10-11-26(3)12-14-27-4)25-16-19-9-8-18(2)15-21(19)29-17-20-7-6-13-28-20/h8-9,15,20H,5-7,10-14,16-17H2,1-4H3,(H2,23,24,25). The maximum absolute atomic E-state index is 6.09. The van der Waals surface area contributed by atoms with Crippen molar-refractivity contribution in [1.29, 1.82) is 0 Å². The van der Waals surface area contributed by atoms with Crippen LogP contribution in [0.3, 0.4) is 0 Å². The lowest BCUT2D eigenvalue weighted by molar-refractivity contribution is 0.0676. The van der Waals surface area contributed by atoms with Gasteiger partial charge in [-0.3, -0.25) is 0 Å². The van der Waals surface area contributed by atoms with Crippen LogP contribution in [-0.4, -0.2) is 77.1 Å². The van der Waals surface area contributed by atoms with Crippen LogP contribution in [0.5, 0.6) is 5.75 Å². The molecule has 1 aliphatic heterocycles. The van der Waals surface area contributed by atoms with Crippen molar-refractivity contribution in [3.05, 3.63) is 29.3 Å². The van der Waals surface area contributed by atoms with Crippen LogP contribution in [0, 0.1) is 6.92 Å². The first-order chi connectivity index (χ1) is 14.1. The Kier molecular flexibility index (Phi) is 10.8. The highest BCUT2D eigenvalue weighted by atomic mass is 16.5. The molecule has 1 unspecified atom stereocenters. The molecule has 0 aromatic heterocycles. The zero-order chi connectivity index (χ0) is 20.9. The van der Waals surface area contributed by atoms with E-state index in [0.29, 0.717) is 13.2 Å². The lowest BCUT2D eigenvalue weighted by Gasteiger charge is -2.18. The number of likely N-dealkylation sites (N-methyl/N-ethyl adjacent to an activating group) is 1. The van der Waals surface area contributed by atoms with E-state index in [1.807, 2.05) is 0 Å². The summed E-state index contributed by atoms with van der Waals surface area (Å²) in [7, 11) is 3.82. The Morgan fingerprint density at radius 1 is 1.31 bits per heavy atom. The third-order valence-electron chi connectivity index (χ3n) is 4.89. The van der Waals surface area contributed by atoms with Crippen molar-refractivity contribution < 1.29 is 14.2 Å². The average Bonchev–Trinajstić information content (AvgIpc) is 3.23. The van der Waals surface area contributed by atoms with Gasteiger partial charge in [0.25, 0.3) is 0 Å². The summed E-state index contributed by atoms with van der Waals surface area (Å²) in [6, 6.07) is 6.30. The Labute approximate surface area is 175 Å². The van der Waals surface area contributed by atoms with E-state index in [2.05, 4.69) is 54.6 Å². The van der Waals surface area contributed by atoms with Gasteiger partial charge in [0, 0.05) is 45.5 Å². The van der Waals surface area contributed by atoms with Crippen molar-refractivity contribution in [2.45, 2.75) is 39.3 Å². The number of nitrogens with one attached hydrogen (secondary N) is 2. The molecule has 2 rings (SSSR count). The second kappa shape index (κ2) is 13.4. The first-order valence-corrected chi connectivity index (χ1v) is 10.7. The van der Waals surface area contributed by atoms with Gasteiger partial charge in [-0.2, -0.15) is 0 Å². The molecule has 1 aliphatic rings. The highest BCUT2D eigenvalue weighted by Gasteiger charge is 2.17. The van der Waals surface area contributed by atoms with Crippen LogP contribution in [0.1, 0.15) is 30.9 Å². The highest BCUT2D eigenvalue weighted by Crippen LogP contribution is 2.23. The molecule has 29 heavy (non-hydrogen) atoms. The quantitative estimate of drug-likeness (QED) is 0.410. The molecule has 0 aliphatic carbocycles. The van der Waals surface area contributed by atoms with Gasteiger partial charge in [-0.15, -0.1) is 0 Å². The topological polar surface area (TPSA) is 67.4 Å². The number of guanidine groups is 1. The van der Waals surface area contributed by atoms with Crippen LogP contribution < -0.4 is 15.4 Å². The van der Waals surface area contributed by atoms with E-state index in [4.69, 9.17) is 19.2 Å². The normalized spacial score (nSPS) is 17.0. The van der Waals surface area contributed by atoms with E-state index in [9.17, 15) is 0 Å². The number of methoxy groups -OCH3 is 1. The van der Waals surface area contributed by atoms with Crippen molar-refractivity contribution in [2.24, 2.45) is 4.99 Å². The molecule has 0 radical (unpaired) electrons. The Morgan fingerprint density at radius 2 is 2.17 bits per heavy atom. The van der Waals surface area contributed by atoms with Crippen LogP contribution in [0.4, 0.5) is 0 Å². The second-order valence-electron chi connectivity index (χ2n) is 7.48. The zero-order valence-electron chi connectivity index (χ0n) is 18.5. The number of hydrogen-bond donors (Lipinski definition) is 2. The summed E-state index contributed by atoms with van der Waals surface area (Å²) >= 11 is 0. The first kappa shape index (κ1) is 23.4. The predicted octanol–water partition coefficient (Wildman–Crippen LogP) is 2.19. The molecular weight excluding hydrogens is 368 g/mol. The maximum Gasteiger partial charge on any atom is 0.191 e. The Balaban J connectivity index is 1.91. The Morgan fingerprint density at radius 3 is 2.90 bits per heavy atom. The molecule has 7 nitrogen and oxygen atoms in total. The van der Waals surface area contributed by atoms with Crippen LogP contribution in [0.2, 0.25) is 0 Å². The van der Waals surface area contributed by atoms with Gasteiger partial charge in [0.1, 0.15) is 12.4 Å². The van der Waals surface area contributed by atoms with Gasteiger partial charge >= 0.3 is 0 Å². The van der Waals surface area contributed by atoms with Gasteiger partial charge in [0.05, 0.1) is 19.3 Å². The Bertz CT molecular complexity index is 618. The molecule has 164 valence electrons. The first-order valence-electron chi connectivity index (χ1n) is 10.7. The number of benzene rings is 1. The van der Waals surface area contributed by atoms with Gasteiger partial charge in [-0.1, -0.05) is 12.1 Å². The summed E-state index contributed by atoms with van der Waals surface area (Å²) in [5.41, 5.74) is 2.27. The number of aliphatic imine (C=N–C) groups is 1. The molecule has 7 heteroatoms. The fourth-order valence-electron chi connectivity index (χ4n) is 3.12. The zero-order valence-corrected chi connectivity index (χ0v) is 18.5. The van der Waals surface area contributed by atoms with Crippen LogP contribution in [0.15, 0.2) is 23.2 Å². The van der Waals surface area contributed by atoms with E-state index in [1.165, 1.54) is 5.56 Å².